The largest absolute Gasteiger partial charge is 0.498 e. The van der Waals surface area contributed by atoms with Gasteiger partial charge in [0.15, 0.2) is 0 Å². The zero-order valence-corrected chi connectivity index (χ0v) is 24.8. The lowest BCUT2D eigenvalue weighted by Gasteiger charge is -2.08. The van der Waals surface area contributed by atoms with E-state index in [1.165, 1.54) is 51.2 Å². The molecule has 8 nitrogen and oxygen atoms in total. The predicted octanol–water partition coefficient (Wildman–Crippen LogP) is 5.92. The number of halogens is 1. The fourth-order valence-electron chi connectivity index (χ4n) is 3.02. The Balaban J connectivity index is 3.43. The van der Waals surface area contributed by atoms with Gasteiger partial charge in [0.1, 0.15) is 13.2 Å². The molecule has 0 heterocycles. The normalized spacial score (nSPS) is 12.0. The summed E-state index contributed by atoms with van der Waals surface area (Å²) in [6, 6.07) is 0. The molecule has 0 atom stereocenters. The summed E-state index contributed by atoms with van der Waals surface area (Å²) in [6.45, 7) is 8.65. The van der Waals surface area contributed by atoms with E-state index in [0.717, 1.165) is 18.2 Å². The third kappa shape index (κ3) is 24.7. The van der Waals surface area contributed by atoms with Gasteiger partial charge >= 0.3 is 11.9 Å². The summed E-state index contributed by atoms with van der Waals surface area (Å²) in [5, 5.41) is 1.11. The number of hydrogen-bond donors (Lipinski definition) is 0. The molecule has 0 rings (SSSR count). The van der Waals surface area contributed by atoms with Gasteiger partial charge in [-0.3, -0.25) is 0 Å². The maximum atomic E-state index is 12.0. The Morgan fingerprint density at radius 2 is 1.00 bits per heavy atom. The predicted molar refractivity (Wildman–Crippen MR) is 149 cm³/mol. The average Bonchev–Trinajstić information content (AvgIpc) is 2.90. The molecule has 0 aliphatic rings. The highest BCUT2D eigenvalue weighted by Crippen LogP contribution is 2.10. The van der Waals surface area contributed by atoms with Gasteiger partial charge in [0, 0.05) is 10.9 Å². The first-order valence-corrected chi connectivity index (χ1v) is 14.7. The first-order chi connectivity index (χ1) is 18.0. The number of allylic oxidation sites excluding steroid dienone is 1. The van der Waals surface area contributed by atoms with Crippen molar-refractivity contribution in [1.82, 2.24) is 0 Å². The molecule has 0 fully saturated rings. The van der Waals surface area contributed by atoms with Crippen molar-refractivity contribution in [3.8, 4) is 0 Å². The van der Waals surface area contributed by atoms with E-state index in [4.69, 9.17) is 28.4 Å². The van der Waals surface area contributed by atoms with Gasteiger partial charge in [-0.1, -0.05) is 67.0 Å². The highest BCUT2D eigenvalue weighted by molar-refractivity contribution is 9.09. The monoisotopic (exact) mass is 592 g/mol. The van der Waals surface area contributed by atoms with Gasteiger partial charge in [-0.15, -0.1) is 0 Å². The van der Waals surface area contributed by atoms with Gasteiger partial charge in [0.05, 0.1) is 58.1 Å². The van der Waals surface area contributed by atoms with Crippen LogP contribution >= 0.6 is 15.9 Å². The van der Waals surface area contributed by atoms with Crippen LogP contribution in [0, 0.1) is 0 Å². The SMILES string of the molecule is CC=C(C)C(=O)OCCOCCOCCOCCOC=C(C)C(=O)OCCCCCCCCCCCBr. The topological polar surface area (TPSA) is 89.5 Å². The standard InChI is InChI=1S/C28H49BrO8/c1-4-25(2)27(30)37-23-22-34-19-18-32-16-17-33-20-21-35-24-26(3)28(31)36-15-13-11-9-7-5-6-8-10-12-14-29/h4,24H,5-23H2,1-3H3. The van der Waals surface area contributed by atoms with E-state index in [2.05, 4.69) is 15.9 Å². The molecule has 0 unspecified atom stereocenters. The zero-order chi connectivity index (χ0) is 27.4. The van der Waals surface area contributed by atoms with Crippen LogP contribution in [0.4, 0.5) is 0 Å². The summed E-state index contributed by atoms with van der Waals surface area (Å²) in [7, 11) is 0. The molecule has 216 valence electrons. The zero-order valence-electron chi connectivity index (χ0n) is 23.2. The van der Waals surface area contributed by atoms with Crippen LogP contribution in [-0.2, 0) is 38.0 Å². The molecule has 0 aliphatic heterocycles. The Morgan fingerprint density at radius 1 is 0.568 bits per heavy atom. The Labute approximate surface area is 232 Å². The number of ether oxygens (including phenoxy) is 6. The molecule has 0 radical (unpaired) electrons. The first-order valence-electron chi connectivity index (χ1n) is 13.6. The van der Waals surface area contributed by atoms with Crippen LogP contribution in [0.2, 0.25) is 0 Å². The van der Waals surface area contributed by atoms with Crippen molar-refractivity contribution in [3.63, 3.8) is 0 Å². The molecule has 0 aromatic rings. The number of unbranched alkanes of at least 4 members (excludes halogenated alkanes) is 8. The third-order valence-electron chi connectivity index (χ3n) is 5.40. The highest BCUT2D eigenvalue weighted by atomic mass is 79.9. The van der Waals surface area contributed by atoms with E-state index >= 15 is 0 Å². The smallest absolute Gasteiger partial charge is 0.336 e. The Morgan fingerprint density at radius 3 is 1.54 bits per heavy atom. The maximum Gasteiger partial charge on any atom is 0.336 e. The summed E-state index contributed by atoms with van der Waals surface area (Å²) in [5.41, 5.74) is 1.02. The van der Waals surface area contributed by atoms with Gasteiger partial charge in [-0.2, -0.15) is 0 Å². The summed E-state index contributed by atoms with van der Waals surface area (Å²) in [4.78, 5) is 23.4. The van der Waals surface area contributed by atoms with E-state index in [-0.39, 0.29) is 18.5 Å². The second-order valence-corrected chi connectivity index (χ2v) is 9.42. The number of alkyl halides is 1. The molecule has 9 heteroatoms. The highest BCUT2D eigenvalue weighted by Gasteiger charge is 2.06. The van der Waals surface area contributed by atoms with Crippen LogP contribution in [-0.4, -0.2) is 76.7 Å². The molecule has 0 aromatic heterocycles. The summed E-state index contributed by atoms with van der Waals surface area (Å²) in [5.74, 6) is -0.665. The third-order valence-corrected chi connectivity index (χ3v) is 5.96. The van der Waals surface area contributed by atoms with Crippen LogP contribution < -0.4 is 0 Å². The van der Waals surface area contributed by atoms with E-state index in [0.29, 0.717) is 64.0 Å². The number of carbonyl (C=O) groups excluding carboxylic acids is 2. The molecule has 0 spiro atoms. The van der Waals surface area contributed by atoms with Gasteiger partial charge in [0.25, 0.3) is 0 Å². The Hall–Kier alpha value is -1.42. The fourth-order valence-corrected chi connectivity index (χ4v) is 3.42. The molecule has 0 bridgehead atoms. The van der Waals surface area contributed by atoms with E-state index in [1.807, 2.05) is 0 Å². The number of hydrogen-bond acceptors (Lipinski definition) is 8. The lowest BCUT2D eigenvalue weighted by Crippen LogP contribution is -2.14. The fraction of sp³-hybridized carbons (Fsp3) is 0.786. The molecule has 0 aromatic carbocycles. The van der Waals surface area contributed by atoms with Crippen LogP contribution in [0.15, 0.2) is 23.5 Å². The van der Waals surface area contributed by atoms with Crippen molar-refractivity contribution in [3.05, 3.63) is 23.5 Å². The Bertz CT molecular complexity index is 621. The van der Waals surface area contributed by atoms with Crippen molar-refractivity contribution in [1.29, 1.82) is 0 Å². The van der Waals surface area contributed by atoms with Gasteiger partial charge < -0.3 is 28.4 Å². The van der Waals surface area contributed by atoms with E-state index in [9.17, 15) is 9.59 Å². The quantitative estimate of drug-likeness (QED) is 0.0402. The molecule has 0 saturated heterocycles. The van der Waals surface area contributed by atoms with Crippen LogP contribution in [0.5, 0.6) is 0 Å². The molecular formula is C28H49BrO8. The van der Waals surface area contributed by atoms with E-state index in [1.54, 1.807) is 26.8 Å². The minimum absolute atomic E-state index is 0.219. The molecule has 37 heavy (non-hydrogen) atoms. The molecule has 0 amide bonds. The van der Waals surface area contributed by atoms with Gasteiger partial charge in [0.2, 0.25) is 0 Å². The number of rotatable bonds is 26. The van der Waals surface area contributed by atoms with Crippen molar-refractivity contribution in [2.24, 2.45) is 0 Å². The first kappa shape index (κ1) is 35.6. The molecular weight excluding hydrogens is 544 g/mol. The number of carbonyl (C=O) groups is 2. The van der Waals surface area contributed by atoms with Crippen molar-refractivity contribution in [2.75, 3.05) is 64.8 Å². The summed E-state index contributed by atoms with van der Waals surface area (Å²) >= 11 is 3.46. The second-order valence-electron chi connectivity index (χ2n) is 8.62. The lowest BCUT2D eigenvalue weighted by atomic mass is 10.1. The van der Waals surface area contributed by atoms with Gasteiger partial charge in [-0.05, 0) is 33.6 Å². The molecule has 0 aliphatic carbocycles. The van der Waals surface area contributed by atoms with Crippen molar-refractivity contribution < 1.29 is 38.0 Å². The van der Waals surface area contributed by atoms with Crippen molar-refractivity contribution in [2.45, 2.75) is 78.6 Å². The van der Waals surface area contributed by atoms with Gasteiger partial charge in [-0.25, -0.2) is 9.59 Å². The molecule has 0 N–H and O–H groups in total. The molecule has 0 saturated carbocycles. The lowest BCUT2D eigenvalue weighted by molar-refractivity contribution is -0.141. The Kier molecular flexibility index (Phi) is 26.6. The minimum Gasteiger partial charge on any atom is -0.498 e. The van der Waals surface area contributed by atoms with Crippen LogP contribution in [0.1, 0.15) is 78.6 Å². The summed E-state index contributed by atoms with van der Waals surface area (Å²) in [6.07, 6.45) is 14.1. The minimum atomic E-state index is -0.339. The summed E-state index contributed by atoms with van der Waals surface area (Å²) < 4.78 is 31.8. The number of esters is 2. The maximum absolute atomic E-state index is 12.0. The average molecular weight is 594 g/mol. The van der Waals surface area contributed by atoms with E-state index < -0.39 is 0 Å². The van der Waals surface area contributed by atoms with Crippen LogP contribution in [0.3, 0.4) is 0 Å². The van der Waals surface area contributed by atoms with Crippen molar-refractivity contribution >= 4 is 27.9 Å². The van der Waals surface area contributed by atoms with Crippen LogP contribution in [0.25, 0.3) is 0 Å². The second kappa shape index (κ2) is 27.6.